The highest BCUT2D eigenvalue weighted by atomic mass is 16.4. The van der Waals surface area contributed by atoms with Gasteiger partial charge in [0, 0.05) is 5.56 Å². The van der Waals surface area contributed by atoms with Crippen LogP contribution in [0.4, 0.5) is 0 Å². The van der Waals surface area contributed by atoms with Crippen LogP contribution in [0, 0.1) is 0 Å². The van der Waals surface area contributed by atoms with Crippen LogP contribution in [0.3, 0.4) is 0 Å². The second-order valence-corrected chi connectivity index (χ2v) is 9.45. The van der Waals surface area contributed by atoms with Gasteiger partial charge in [-0.3, -0.25) is 0 Å². The molecule has 0 fully saturated rings. The average Bonchev–Trinajstić information content (AvgIpc) is 3.34. The summed E-state index contributed by atoms with van der Waals surface area (Å²) >= 11 is 0. The van der Waals surface area contributed by atoms with Crippen LogP contribution in [0.5, 0.6) is 0 Å². The minimum Gasteiger partial charge on any atom is -0.423 e. The third kappa shape index (κ3) is 3.02. The van der Waals surface area contributed by atoms with Gasteiger partial charge < -0.3 is 4.42 Å². The van der Waals surface area contributed by atoms with E-state index >= 15 is 0 Å². The molecule has 2 aromatic heterocycles. The molecular formula is C33H19N3O2. The molecule has 0 bridgehead atoms. The summed E-state index contributed by atoms with van der Waals surface area (Å²) in [6.07, 6.45) is 0. The Morgan fingerprint density at radius 3 is 1.84 bits per heavy atom. The van der Waals surface area contributed by atoms with Crippen molar-refractivity contribution in [1.29, 1.82) is 0 Å². The van der Waals surface area contributed by atoms with E-state index in [9.17, 15) is 4.79 Å². The Balaban J connectivity index is 1.46. The summed E-state index contributed by atoms with van der Waals surface area (Å²) < 4.78 is 7.85. The van der Waals surface area contributed by atoms with Gasteiger partial charge in [0.05, 0.1) is 5.52 Å². The zero-order valence-electron chi connectivity index (χ0n) is 20.1. The molecule has 6 aromatic carbocycles. The molecule has 0 aliphatic carbocycles. The highest BCUT2D eigenvalue weighted by Gasteiger charge is 2.17. The summed E-state index contributed by atoms with van der Waals surface area (Å²) in [5.41, 5.74) is 3.83. The van der Waals surface area contributed by atoms with Gasteiger partial charge in [0.25, 0.3) is 0 Å². The number of aromatic nitrogens is 3. The van der Waals surface area contributed by atoms with Gasteiger partial charge in [0.15, 0.2) is 11.4 Å². The highest BCUT2D eigenvalue weighted by molar-refractivity contribution is 6.25. The summed E-state index contributed by atoms with van der Waals surface area (Å²) in [7, 11) is 0. The van der Waals surface area contributed by atoms with Gasteiger partial charge in [0.2, 0.25) is 0 Å². The Morgan fingerprint density at radius 1 is 0.526 bits per heavy atom. The predicted octanol–water partition coefficient (Wildman–Crippen LogP) is 7.63. The Kier molecular flexibility index (Phi) is 4.31. The maximum Gasteiger partial charge on any atom is 0.373 e. The van der Waals surface area contributed by atoms with Crippen molar-refractivity contribution in [2.24, 2.45) is 0 Å². The minimum absolute atomic E-state index is 0.226. The zero-order valence-corrected chi connectivity index (χ0v) is 20.1. The summed E-state index contributed by atoms with van der Waals surface area (Å²) in [5.74, 6) is 0.728. The maximum atomic E-state index is 12.6. The first-order chi connectivity index (χ1) is 18.7. The third-order valence-electron chi connectivity index (χ3n) is 7.31. The van der Waals surface area contributed by atoms with Gasteiger partial charge in [-0.05, 0) is 61.6 Å². The van der Waals surface area contributed by atoms with Crippen LogP contribution in [-0.4, -0.2) is 14.4 Å². The summed E-state index contributed by atoms with van der Waals surface area (Å²) in [5, 5.41) is 7.03. The van der Waals surface area contributed by atoms with Crippen LogP contribution in [0.2, 0.25) is 0 Å². The van der Waals surface area contributed by atoms with Crippen LogP contribution in [0.15, 0.2) is 124 Å². The van der Waals surface area contributed by atoms with Gasteiger partial charge in [-0.25, -0.2) is 9.20 Å². The molecule has 0 radical (unpaired) electrons. The minimum atomic E-state index is -0.578. The van der Waals surface area contributed by atoms with Gasteiger partial charge in [-0.15, -0.1) is 4.98 Å². The van der Waals surface area contributed by atoms with E-state index in [-0.39, 0.29) is 5.84 Å². The van der Waals surface area contributed by atoms with Crippen molar-refractivity contribution in [2.45, 2.75) is 0 Å². The quantitative estimate of drug-likeness (QED) is 0.234. The first-order valence-corrected chi connectivity index (χ1v) is 12.5. The van der Waals surface area contributed by atoms with Gasteiger partial charge in [0.1, 0.15) is 0 Å². The maximum absolute atomic E-state index is 12.6. The first kappa shape index (κ1) is 20.9. The third-order valence-corrected chi connectivity index (χ3v) is 7.31. The fourth-order valence-electron chi connectivity index (χ4n) is 5.60. The molecule has 8 rings (SSSR count). The van der Waals surface area contributed by atoms with E-state index in [2.05, 4.69) is 88.8 Å². The number of nitrogens with zero attached hydrogens (tertiary/aromatic N) is 3. The number of benzene rings is 6. The molecule has 0 N–H and O–H groups in total. The average molecular weight is 490 g/mol. The normalized spacial score (nSPS) is 11.8. The number of hydrogen-bond donors (Lipinski definition) is 0. The predicted molar refractivity (Wildman–Crippen MR) is 152 cm³/mol. The van der Waals surface area contributed by atoms with Crippen molar-refractivity contribution >= 4 is 49.3 Å². The molecular weight excluding hydrogens is 470 g/mol. The molecule has 8 aromatic rings. The first-order valence-electron chi connectivity index (χ1n) is 12.5. The number of oxazole rings is 1. The van der Waals surface area contributed by atoms with Crippen molar-refractivity contribution in [3.05, 3.63) is 126 Å². The van der Waals surface area contributed by atoms with Crippen LogP contribution in [0.1, 0.15) is 0 Å². The standard InChI is InChI=1S/C33H19N3O2/c37-32-34-31(36-29-19-21(20-8-2-1-3-9-20)15-17-30(29)38-33(36)35-32)22-14-16-27-25-12-5-4-10-23(25)24-11-6-7-13-26(24)28(27)18-22/h1-19H. The van der Waals surface area contributed by atoms with E-state index in [4.69, 9.17) is 4.42 Å². The highest BCUT2D eigenvalue weighted by Crippen LogP contribution is 2.37. The Morgan fingerprint density at radius 2 is 1.13 bits per heavy atom. The molecule has 0 atom stereocenters. The summed E-state index contributed by atoms with van der Waals surface area (Å²) in [6, 6.07) is 39.3. The topological polar surface area (TPSA) is 60.4 Å². The summed E-state index contributed by atoms with van der Waals surface area (Å²) in [6.45, 7) is 0. The van der Waals surface area contributed by atoms with Crippen LogP contribution >= 0.6 is 0 Å². The van der Waals surface area contributed by atoms with Crippen molar-refractivity contribution in [3.63, 3.8) is 0 Å². The molecule has 5 nitrogen and oxygen atoms in total. The lowest BCUT2D eigenvalue weighted by molar-refractivity contribution is 0.630. The largest absolute Gasteiger partial charge is 0.423 e. The Hall–Kier alpha value is -5.29. The molecule has 178 valence electrons. The fourth-order valence-corrected chi connectivity index (χ4v) is 5.60. The van der Waals surface area contributed by atoms with E-state index in [0.29, 0.717) is 11.4 Å². The second kappa shape index (κ2) is 7.85. The number of hydrogen-bond acceptors (Lipinski definition) is 4. The SMILES string of the molecule is O=c1nc(-c2ccc3c4ccccc4c4ccccc4c3c2)n2c(n1)oc1ccc(-c3ccccc3)cc12. The summed E-state index contributed by atoms with van der Waals surface area (Å²) in [4.78, 5) is 21.1. The lowest BCUT2D eigenvalue weighted by atomic mass is 9.93. The second-order valence-electron chi connectivity index (χ2n) is 9.45. The molecule has 0 aliphatic heterocycles. The molecule has 38 heavy (non-hydrogen) atoms. The van der Waals surface area contributed by atoms with Gasteiger partial charge >= 0.3 is 11.5 Å². The molecule has 0 saturated carbocycles. The zero-order chi connectivity index (χ0) is 25.2. The van der Waals surface area contributed by atoms with Crippen molar-refractivity contribution in [3.8, 4) is 22.5 Å². The van der Waals surface area contributed by atoms with E-state index in [0.717, 1.165) is 38.4 Å². The van der Waals surface area contributed by atoms with Crippen LogP contribution in [-0.2, 0) is 0 Å². The molecule has 0 saturated heterocycles. The van der Waals surface area contributed by atoms with Crippen molar-refractivity contribution < 1.29 is 4.42 Å². The molecule has 0 amide bonds. The van der Waals surface area contributed by atoms with E-state index in [1.807, 2.05) is 40.8 Å². The molecule has 5 heteroatoms. The van der Waals surface area contributed by atoms with E-state index in [1.165, 1.54) is 16.2 Å². The fraction of sp³-hybridized carbons (Fsp3) is 0. The van der Waals surface area contributed by atoms with E-state index < -0.39 is 5.69 Å². The molecule has 2 heterocycles. The lowest BCUT2D eigenvalue weighted by Crippen LogP contribution is -2.14. The molecule has 0 spiro atoms. The molecule has 0 aliphatic rings. The van der Waals surface area contributed by atoms with Crippen LogP contribution < -0.4 is 5.69 Å². The van der Waals surface area contributed by atoms with E-state index in [1.54, 1.807) is 0 Å². The number of fused-ring (bicyclic) bond motifs is 9. The van der Waals surface area contributed by atoms with Crippen molar-refractivity contribution in [1.82, 2.24) is 14.4 Å². The number of rotatable bonds is 2. The Bertz CT molecular complexity index is 2230. The van der Waals surface area contributed by atoms with Gasteiger partial charge in [-0.1, -0.05) is 97.1 Å². The van der Waals surface area contributed by atoms with Crippen molar-refractivity contribution in [2.75, 3.05) is 0 Å². The lowest BCUT2D eigenvalue weighted by Gasteiger charge is -2.12. The van der Waals surface area contributed by atoms with Crippen LogP contribution in [0.25, 0.3) is 71.8 Å². The molecule has 0 unspecified atom stereocenters. The smallest absolute Gasteiger partial charge is 0.373 e. The van der Waals surface area contributed by atoms with Gasteiger partial charge in [-0.2, -0.15) is 4.98 Å². The monoisotopic (exact) mass is 489 g/mol. The Labute approximate surface area is 216 Å².